The fourth-order valence-corrected chi connectivity index (χ4v) is 8.35. The highest BCUT2D eigenvalue weighted by Crippen LogP contribution is 2.34. The molecule has 3 heterocycles. The number of hydrogen-bond donors (Lipinski definition) is 0. The van der Waals surface area contributed by atoms with E-state index in [2.05, 4.69) is 4.98 Å². The molecule has 2 aliphatic carbocycles. The molecule has 1 saturated heterocycles. The lowest BCUT2D eigenvalue weighted by Gasteiger charge is -2.38. The van der Waals surface area contributed by atoms with Crippen LogP contribution in [0.2, 0.25) is 0 Å². The third-order valence-corrected chi connectivity index (χ3v) is 9.81. The van der Waals surface area contributed by atoms with E-state index in [1.165, 1.54) is 15.8 Å². The van der Waals surface area contributed by atoms with Crippen LogP contribution in [0.4, 0.5) is 0 Å². The Balaban J connectivity index is 1.45. The number of aromatic nitrogens is 2. The highest BCUT2D eigenvalue weighted by atomic mass is 32.2. The summed E-state index contributed by atoms with van der Waals surface area (Å²) in [6, 6.07) is -0.203. The van der Waals surface area contributed by atoms with Crippen molar-refractivity contribution in [2.75, 3.05) is 11.5 Å². The lowest BCUT2D eigenvalue weighted by atomic mass is 9.93. The van der Waals surface area contributed by atoms with Gasteiger partial charge in [-0.2, -0.15) is 0 Å². The molecular weight excluding hydrogens is 422 g/mol. The molecule has 1 amide bonds. The molecule has 1 atom stereocenters. The number of aryl methyl sites for hydroxylation is 2. The van der Waals surface area contributed by atoms with Crippen LogP contribution in [-0.2, 0) is 34.0 Å². The summed E-state index contributed by atoms with van der Waals surface area (Å²) in [7, 11) is -3.10. The van der Waals surface area contributed by atoms with Crippen LogP contribution in [0.15, 0.2) is 11.1 Å². The van der Waals surface area contributed by atoms with Crippen LogP contribution in [0.5, 0.6) is 0 Å². The minimum Gasteiger partial charge on any atom is -0.334 e. The van der Waals surface area contributed by atoms with Crippen molar-refractivity contribution in [1.29, 1.82) is 0 Å². The quantitative estimate of drug-likeness (QED) is 0.715. The van der Waals surface area contributed by atoms with Crippen molar-refractivity contribution in [3.05, 3.63) is 27.1 Å². The fourth-order valence-electron chi connectivity index (χ4n) is 5.42. The van der Waals surface area contributed by atoms with Crippen LogP contribution in [0, 0.1) is 0 Å². The number of nitrogens with zero attached hydrogens (tertiary/aromatic N) is 3. The predicted octanol–water partition coefficient (Wildman–Crippen LogP) is 2.30. The average Bonchev–Trinajstić information content (AvgIpc) is 3.39. The van der Waals surface area contributed by atoms with E-state index in [1.54, 1.807) is 11.3 Å². The summed E-state index contributed by atoms with van der Waals surface area (Å²) in [6.07, 6.45) is 10.0. The molecule has 3 aliphatic rings. The first-order valence-corrected chi connectivity index (χ1v) is 13.6. The number of rotatable bonds is 4. The van der Waals surface area contributed by atoms with Gasteiger partial charge in [-0.25, -0.2) is 13.4 Å². The van der Waals surface area contributed by atoms with Gasteiger partial charge >= 0.3 is 0 Å². The summed E-state index contributed by atoms with van der Waals surface area (Å²) in [5.41, 5.74) is 0.968. The van der Waals surface area contributed by atoms with E-state index in [0.29, 0.717) is 11.8 Å². The zero-order valence-electron chi connectivity index (χ0n) is 17.0. The molecular formula is C21H27N3O4S2. The van der Waals surface area contributed by atoms with Gasteiger partial charge < -0.3 is 4.90 Å². The van der Waals surface area contributed by atoms with Crippen LogP contribution >= 0.6 is 11.3 Å². The summed E-state index contributed by atoms with van der Waals surface area (Å²) in [6.45, 7) is -0.0700. The molecule has 0 N–H and O–H groups in total. The molecule has 2 fully saturated rings. The first-order valence-electron chi connectivity index (χ1n) is 10.9. The SMILES string of the molecule is O=C(Cn1cnc2sc3c(c2c1=O)CCC3)N(C1CCCCC1)C1CCS(=O)(=O)C1. The number of carbonyl (C=O) groups excluding carboxylic acids is 1. The van der Waals surface area contributed by atoms with Gasteiger partial charge in [0.25, 0.3) is 5.56 Å². The Bertz CT molecular complexity index is 1140. The first kappa shape index (κ1) is 20.2. The summed E-state index contributed by atoms with van der Waals surface area (Å²) < 4.78 is 25.6. The topological polar surface area (TPSA) is 89.3 Å². The standard InChI is InChI=1S/C21H27N3O4S2/c25-18(24(14-5-2-1-3-6-14)15-9-10-30(27,28)12-15)11-23-13-22-20-19(21(23)26)16-7-4-8-17(16)29-20/h13-15H,1-12H2. The molecule has 0 bridgehead atoms. The van der Waals surface area contributed by atoms with Crippen LogP contribution in [-0.4, -0.2) is 52.4 Å². The lowest BCUT2D eigenvalue weighted by molar-refractivity contribution is -0.137. The van der Waals surface area contributed by atoms with Crippen molar-refractivity contribution in [2.45, 2.75) is 76.4 Å². The van der Waals surface area contributed by atoms with E-state index in [0.717, 1.165) is 61.8 Å². The van der Waals surface area contributed by atoms with Crippen molar-refractivity contribution in [2.24, 2.45) is 0 Å². The van der Waals surface area contributed by atoms with E-state index in [4.69, 9.17) is 0 Å². The van der Waals surface area contributed by atoms with Gasteiger partial charge in [-0.15, -0.1) is 11.3 Å². The van der Waals surface area contributed by atoms with Crippen LogP contribution in [0.3, 0.4) is 0 Å². The third kappa shape index (κ3) is 3.60. The van der Waals surface area contributed by atoms with Crippen LogP contribution in [0.25, 0.3) is 10.2 Å². The van der Waals surface area contributed by atoms with Gasteiger partial charge in [-0.3, -0.25) is 14.2 Å². The summed E-state index contributed by atoms with van der Waals surface area (Å²) >= 11 is 1.59. The molecule has 0 radical (unpaired) electrons. The minimum absolute atomic E-state index is 0.0411. The van der Waals surface area contributed by atoms with Gasteiger partial charge in [0, 0.05) is 17.0 Å². The molecule has 2 aromatic rings. The molecule has 5 rings (SSSR count). The summed E-state index contributed by atoms with van der Waals surface area (Å²) in [4.78, 5) is 34.9. The molecule has 162 valence electrons. The maximum absolute atomic E-state index is 13.4. The van der Waals surface area contributed by atoms with Crippen molar-refractivity contribution in [1.82, 2.24) is 14.5 Å². The number of fused-ring (bicyclic) bond motifs is 3. The molecule has 2 aromatic heterocycles. The minimum atomic E-state index is -3.10. The molecule has 7 nitrogen and oxygen atoms in total. The van der Waals surface area contributed by atoms with Crippen LogP contribution < -0.4 is 5.56 Å². The average molecular weight is 450 g/mol. The van der Waals surface area contributed by atoms with E-state index in [1.807, 2.05) is 4.90 Å². The van der Waals surface area contributed by atoms with Gasteiger partial charge in [0.15, 0.2) is 9.84 Å². The second-order valence-electron chi connectivity index (χ2n) is 8.86. The van der Waals surface area contributed by atoms with E-state index >= 15 is 0 Å². The molecule has 30 heavy (non-hydrogen) atoms. The molecule has 0 spiro atoms. The Hall–Kier alpha value is -1.74. The Kier molecular flexibility index (Phi) is 5.21. The largest absolute Gasteiger partial charge is 0.334 e. The van der Waals surface area contributed by atoms with Crippen LogP contribution in [0.1, 0.15) is 55.4 Å². The highest BCUT2D eigenvalue weighted by Gasteiger charge is 2.38. The zero-order valence-corrected chi connectivity index (χ0v) is 18.6. The number of carbonyl (C=O) groups is 1. The van der Waals surface area contributed by atoms with Crippen molar-refractivity contribution >= 4 is 37.3 Å². The highest BCUT2D eigenvalue weighted by molar-refractivity contribution is 7.91. The van der Waals surface area contributed by atoms with Gasteiger partial charge in [0.1, 0.15) is 11.4 Å². The van der Waals surface area contributed by atoms with Gasteiger partial charge in [-0.05, 0) is 44.1 Å². The maximum Gasteiger partial charge on any atom is 0.262 e. The maximum atomic E-state index is 13.4. The summed E-state index contributed by atoms with van der Waals surface area (Å²) in [5.74, 6) is 0.0291. The number of hydrogen-bond acceptors (Lipinski definition) is 6. The first-order chi connectivity index (χ1) is 14.4. The fraction of sp³-hybridized carbons (Fsp3) is 0.667. The second kappa shape index (κ2) is 7.75. The Morgan fingerprint density at radius 1 is 1.13 bits per heavy atom. The number of amides is 1. The Morgan fingerprint density at radius 3 is 2.67 bits per heavy atom. The molecule has 1 unspecified atom stereocenters. The number of sulfone groups is 1. The molecule has 0 aromatic carbocycles. The van der Waals surface area contributed by atoms with Gasteiger partial charge in [-0.1, -0.05) is 19.3 Å². The summed E-state index contributed by atoms with van der Waals surface area (Å²) in [5, 5.41) is 0.676. The van der Waals surface area contributed by atoms with E-state index in [-0.39, 0.29) is 41.6 Å². The second-order valence-corrected chi connectivity index (χ2v) is 12.2. The smallest absolute Gasteiger partial charge is 0.262 e. The molecule has 1 saturated carbocycles. The normalized spacial score (nSPS) is 23.7. The number of thiophene rings is 1. The van der Waals surface area contributed by atoms with Gasteiger partial charge in [0.05, 0.1) is 23.2 Å². The Morgan fingerprint density at radius 2 is 1.93 bits per heavy atom. The predicted molar refractivity (Wildman–Crippen MR) is 117 cm³/mol. The van der Waals surface area contributed by atoms with E-state index in [9.17, 15) is 18.0 Å². The molecule has 9 heteroatoms. The Labute approximate surface area is 180 Å². The van der Waals surface area contributed by atoms with E-state index < -0.39 is 9.84 Å². The lowest BCUT2D eigenvalue weighted by Crippen LogP contribution is -2.50. The monoisotopic (exact) mass is 449 g/mol. The van der Waals surface area contributed by atoms with Crippen molar-refractivity contribution in [3.63, 3.8) is 0 Å². The third-order valence-electron chi connectivity index (χ3n) is 6.86. The van der Waals surface area contributed by atoms with Gasteiger partial charge in [0.2, 0.25) is 5.91 Å². The molecule has 1 aliphatic heterocycles. The van der Waals surface area contributed by atoms with Crippen molar-refractivity contribution < 1.29 is 13.2 Å². The zero-order chi connectivity index (χ0) is 20.9. The van der Waals surface area contributed by atoms with Crippen molar-refractivity contribution in [3.8, 4) is 0 Å².